The molecule has 0 aliphatic carbocycles. The van der Waals surface area contributed by atoms with Gasteiger partial charge in [-0.05, 0) is 57.3 Å². The molecular formula is C20H29NO3. The highest BCUT2D eigenvalue weighted by molar-refractivity contribution is 5.75. The molecule has 2 fully saturated rings. The number of nitrogens with zero attached hydrogens (tertiary/aromatic N) is 1. The van der Waals surface area contributed by atoms with Crippen LogP contribution in [0.15, 0.2) is 30.3 Å². The molecule has 0 aromatic heterocycles. The van der Waals surface area contributed by atoms with E-state index in [-0.39, 0.29) is 5.97 Å². The topological polar surface area (TPSA) is 38.8 Å². The molecule has 1 unspecified atom stereocenters. The smallest absolute Gasteiger partial charge is 0.347 e. The van der Waals surface area contributed by atoms with Crippen molar-refractivity contribution in [1.29, 1.82) is 0 Å². The van der Waals surface area contributed by atoms with Gasteiger partial charge in [0.1, 0.15) is 5.75 Å². The lowest BCUT2D eigenvalue weighted by Gasteiger charge is -2.44. The van der Waals surface area contributed by atoms with Gasteiger partial charge in [0.05, 0.1) is 6.61 Å². The number of carbonyl (C=O) groups excluding carboxylic acids is 1. The van der Waals surface area contributed by atoms with Crippen molar-refractivity contribution in [3.8, 4) is 5.75 Å². The van der Waals surface area contributed by atoms with Crippen LogP contribution in [0.3, 0.4) is 0 Å². The summed E-state index contributed by atoms with van der Waals surface area (Å²) < 4.78 is 11.5. The number of carbonyl (C=O) groups is 1. The highest BCUT2D eigenvalue weighted by Gasteiger charge is 2.34. The van der Waals surface area contributed by atoms with Crippen LogP contribution in [-0.4, -0.2) is 42.7 Å². The molecule has 1 aromatic rings. The molecule has 2 saturated heterocycles. The van der Waals surface area contributed by atoms with Gasteiger partial charge in [0.2, 0.25) is 0 Å². The molecule has 4 nitrogen and oxygen atoms in total. The molecule has 3 atom stereocenters. The average Bonchev–Trinajstić information content (AvgIpc) is 2.65. The molecule has 0 saturated carbocycles. The van der Waals surface area contributed by atoms with E-state index in [1.54, 1.807) is 0 Å². The Morgan fingerprint density at radius 3 is 2.75 bits per heavy atom. The average molecular weight is 331 g/mol. The lowest BCUT2D eigenvalue weighted by Crippen LogP contribution is -2.49. The third kappa shape index (κ3) is 4.29. The zero-order valence-corrected chi connectivity index (χ0v) is 14.7. The van der Waals surface area contributed by atoms with Gasteiger partial charge in [-0.2, -0.15) is 0 Å². The Bertz CT molecular complexity index is 517. The minimum atomic E-state index is -0.515. The van der Waals surface area contributed by atoms with Crippen molar-refractivity contribution in [2.75, 3.05) is 19.7 Å². The Hall–Kier alpha value is -1.55. The molecule has 1 aromatic carbocycles. The van der Waals surface area contributed by atoms with Crippen LogP contribution in [0.4, 0.5) is 0 Å². The molecule has 132 valence electrons. The standard InChI is InChI=1S/C20H29NO3/c1-2-19(24-17-10-4-3-5-11-17)20(22)23-15-16-9-8-14-21-13-7-6-12-18(16)21/h3-5,10-11,16,18-19H,2,6-9,12-15H2,1H3/t16-,18+,19?/m0/s1. The number of ether oxygens (including phenoxy) is 2. The number of fused-ring (bicyclic) bond motifs is 1. The highest BCUT2D eigenvalue weighted by atomic mass is 16.6. The quantitative estimate of drug-likeness (QED) is 0.746. The fourth-order valence-corrected chi connectivity index (χ4v) is 4.02. The maximum atomic E-state index is 12.4. The van der Waals surface area contributed by atoms with Gasteiger partial charge in [-0.25, -0.2) is 4.79 Å². The molecule has 0 radical (unpaired) electrons. The van der Waals surface area contributed by atoms with E-state index in [0.29, 0.717) is 25.0 Å². The van der Waals surface area contributed by atoms with Crippen LogP contribution in [0.2, 0.25) is 0 Å². The summed E-state index contributed by atoms with van der Waals surface area (Å²) in [6.07, 6.45) is 6.36. The van der Waals surface area contributed by atoms with E-state index in [0.717, 1.165) is 5.75 Å². The molecule has 24 heavy (non-hydrogen) atoms. The zero-order chi connectivity index (χ0) is 16.8. The van der Waals surface area contributed by atoms with Crippen LogP contribution in [0.1, 0.15) is 45.4 Å². The van der Waals surface area contributed by atoms with Crippen LogP contribution in [-0.2, 0) is 9.53 Å². The van der Waals surface area contributed by atoms with Crippen LogP contribution in [0, 0.1) is 5.92 Å². The number of hydrogen-bond acceptors (Lipinski definition) is 4. The lowest BCUT2D eigenvalue weighted by molar-refractivity contribution is -0.155. The number of esters is 1. The third-order valence-electron chi connectivity index (χ3n) is 5.32. The van der Waals surface area contributed by atoms with Gasteiger partial charge in [-0.15, -0.1) is 0 Å². The van der Waals surface area contributed by atoms with Crippen LogP contribution >= 0.6 is 0 Å². The van der Waals surface area contributed by atoms with Crippen molar-refractivity contribution in [2.45, 2.75) is 57.6 Å². The summed E-state index contributed by atoms with van der Waals surface area (Å²) in [4.78, 5) is 15.0. The van der Waals surface area contributed by atoms with Gasteiger partial charge >= 0.3 is 5.97 Å². The number of rotatable bonds is 6. The first-order valence-corrected chi connectivity index (χ1v) is 9.40. The Balaban J connectivity index is 1.51. The van der Waals surface area contributed by atoms with Crippen molar-refractivity contribution in [3.63, 3.8) is 0 Å². The molecule has 2 aliphatic heterocycles. The first-order valence-electron chi connectivity index (χ1n) is 9.40. The van der Waals surface area contributed by atoms with E-state index in [1.807, 2.05) is 37.3 Å². The third-order valence-corrected chi connectivity index (χ3v) is 5.32. The zero-order valence-electron chi connectivity index (χ0n) is 14.7. The summed E-state index contributed by atoms with van der Waals surface area (Å²) in [5, 5.41) is 0. The molecule has 0 amide bonds. The van der Waals surface area contributed by atoms with Crippen LogP contribution < -0.4 is 4.74 Å². The Labute approximate surface area is 145 Å². The van der Waals surface area contributed by atoms with Crippen molar-refractivity contribution >= 4 is 5.97 Å². The van der Waals surface area contributed by atoms with E-state index >= 15 is 0 Å². The molecule has 0 bridgehead atoms. The number of benzene rings is 1. The first-order chi connectivity index (χ1) is 11.8. The van der Waals surface area contributed by atoms with Gasteiger partial charge in [0.15, 0.2) is 6.10 Å². The largest absolute Gasteiger partial charge is 0.479 e. The van der Waals surface area contributed by atoms with Gasteiger partial charge in [-0.3, -0.25) is 4.90 Å². The molecule has 0 N–H and O–H groups in total. The summed E-state index contributed by atoms with van der Waals surface area (Å²) in [6, 6.07) is 10.1. The molecular weight excluding hydrogens is 302 g/mol. The molecule has 4 heteroatoms. The van der Waals surface area contributed by atoms with Gasteiger partial charge in [-0.1, -0.05) is 31.5 Å². The second-order valence-electron chi connectivity index (χ2n) is 6.96. The minimum Gasteiger partial charge on any atom is -0.479 e. The summed E-state index contributed by atoms with van der Waals surface area (Å²) in [7, 11) is 0. The monoisotopic (exact) mass is 331 g/mol. The van der Waals surface area contributed by atoms with Crippen molar-refractivity contribution in [1.82, 2.24) is 4.90 Å². The number of piperidine rings is 2. The molecule has 0 spiro atoms. The molecule has 2 heterocycles. The summed E-state index contributed by atoms with van der Waals surface area (Å²) >= 11 is 0. The Morgan fingerprint density at radius 2 is 1.96 bits per heavy atom. The second-order valence-corrected chi connectivity index (χ2v) is 6.96. The Morgan fingerprint density at radius 1 is 1.17 bits per heavy atom. The fraction of sp³-hybridized carbons (Fsp3) is 0.650. The molecule has 3 rings (SSSR count). The lowest BCUT2D eigenvalue weighted by atomic mass is 9.84. The highest BCUT2D eigenvalue weighted by Crippen LogP contribution is 2.31. The van der Waals surface area contributed by atoms with E-state index in [4.69, 9.17) is 9.47 Å². The van der Waals surface area contributed by atoms with Crippen LogP contribution in [0.25, 0.3) is 0 Å². The maximum absolute atomic E-state index is 12.4. The van der Waals surface area contributed by atoms with Crippen molar-refractivity contribution < 1.29 is 14.3 Å². The van der Waals surface area contributed by atoms with Crippen molar-refractivity contribution in [3.05, 3.63) is 30.3 Å². The normalized spacial score (nSPS) is 25.5. The predicted octanol–water partition coefficient (Wildman–Crippen LogP) is 3.65. The van der Waals surface area contributed by atoms with E-state index < -0.39 is 6.10 Å². The first kappa shape index (κ1) is 17.3. The van der Waals surface area contributed by atoms with Gasteiger partial charge < -0.3 is 9.47 Å². The SMILES string of the molecule is CCC(Oc1ccccc1)C(=O)OC[C@@H]1CCCN2CCCC[C@H]12. The summed E-state index contributed by atoms with van der Waals surface area (Å²) in [6.45, 7) is 4.92. The number of hydrogen-bond donors (Lipinski definition) is 0. The fourth-order valence-electron chi connectivity index (χ4n) is 4.02. The Kier molecular flexibility index (Phi) is 6.13. The van der Waals surface area contributed by atoms with Crippen molar-refractivity contribution in [2.24, 2.45) is 5.92 Å². The van der Waals surface area contributed by atoms with Crippen LogP contribution in [0.5, 0.6) is 5.75 Å². The van der Waals surface area contributed by atoms with E-state index in [9.17, 15) is 4.79 Å². The van der Waals surface area contributed by atoms with E-state index in [2.05, 4.69) is 4.90 Å². The summed E-state index contributed by atoms with van der Waals surface area (Å²) in [5.74, 6) is 0.976. The minimum absolute atomic E-state index is 0.228. The maximum Gasteiger partial charge on any atom is 0.347 e. The second kappa shape index (κ2) is 8.52. The molecule has 2 aliphatic rings. The predicted molar refractivity (Wildman–Crippen MR) is 94.0 cm³/mol. The summed E-state index contributed by atoms with van der Waals surface area (Å²) in [5.41, 5.74) is 0. The van der Waals surface area contributed by atoms with Gasteiger partial charge in [0, 0.05) is 12.0 Å². The van der Waals surface area contributed by atoms with E-state index in [1.165, 1.54) is 45.2 Å². The number of para-hydroxylation sites is 1. The van der Waals surface area contributed by atoms with Gasteiger partial charge in [0.25, 0.3) is 0 Å².